The molecule has 0 atom stereocenters. The van der Waals surface area contributed by atoms with Gasteiger partial charge in [0.1, 0.15) is 22.2 Å². The highest BCUT2D eigenvalue weighted by Crippen LogP contribution is 2.31. The molecule has 26 heavy (non-hydrogen) atoms. The fourth-order valence-electron chi connectivity index (χ4n) is 2.24. The van der Waals surface area contributed by atoms with Crippen LogP contribution in [0, 0.1) is 0 Å². The highest BCUT2D eigenvalue weighted by atomic mass is 32.1. The van der Waals surface area contributed by atoms with E-state index in [2.05, 4.69) is 15.6 Å². The molecule has 0 aliphatic heterocycles. The summed E-state index contributed by atoms with van der Waals surface area (Å²) in [7, 11) is 1.58. The third kappa shape index (κ3) is 4.28. The molecule has 7 nitrogen and oxygen atoms in total. The fourth-order valence-corrected chi connectivity index (χ4v) is 3.07. The van der Waals surface area contributed by atoms with E-state index in [1.54, 1.807) is 24.6 Å². The molecule has 0 aliphatic carbocycles. The molecule has 3 aromatic rings. The molecule has 2 heterocycles. The Bertz CT molecular complexity index is 889. The van der Waals surface area contributed by atoms with E-state index in [9.17, 15) is 9.59 Å². The second-order valence-corrected chi connectivity index (χ2v) is 6.14. The van der Waals surface area contributed by atoms with Gasteiger partial charge in [0.25, 0.3) is 5.91 Å². The summed E-state index contributed by atoms with van der Waals surface area (Å²) in [5, 5.41) is 7.54. The van der Waals surface area contributed by atoms with Gasteiger partial charge in [0.2, 0.25) is 5.91 Å². The number of ether oxygens (including phenoxy) is 1. The summed E-state index contributed by atoms with van der Waals surface area (Å²) in [6.45, 7) is 0.136. The van der Waals surface area contributed by atoms with Gasteiger partial charge in [-0.1, -0.05) is 12.1 Å². The van der Waals surface area contributed by atoms with Crippen LogP contribution in [0.15, 0.2) is 52.5 Å². The minimum Gasteiger partial charge on any atom is -0.496 e. The molecule has 1 aromatic carbocycles. The maximum Gasteiger partial charge on any atom is 0.271 e. The number of hydrogen-bond donors (Lipinski definition) is 2. The van der Waals surface area contributed by atoms with Crippen LogP contribution in [-0.2, 0) is 11.3 Å². The zero-order valence-electron chi connectivity index (χ0n) is 14.0. The Labute approximate surface area is 154 Å². The third-order valence-electron chi connectivity index (χ3n) is 3.52. The smallest absolute Gasteiger partial charge is 0.271 e. The molecule has 8 heteroatoms. The van der Waals surface area contributed by atoms with Crippen LogP contribution in [0.1, 0.15) is 16.2 Å². The van der Waals surface area contributed by atoms with Crippen molar-refractivity contribution in [3.05, 3.63) is 59.5 Å². The van der Waals surface area contributed by atoms with Crippen LogP contribution >= 0.6 is 11.3 Å². The normalized spacial score (nSPS) is 10.3. The van der Waals surface area contributed by atoms with Crippen molar-refractivity contribution in [1.29, 1.82) is 0 Å². The molecule has 0 saturated heterocycles. The number of para-hydroxylation sites is 1. The molecular formula is C18H17N3O4S. The predicted molar refractivity (Wildman–Crippen MR) is 97.0 cm³/mol. The van der Waals surface area contributed by atoms with Crippen molar-refractivity contribution in [2.24, 2.45) is 0 Å². The Morgan fingerprint density at radius 2 is 2.04 bits per heavy atom. The first-order valence-corrected chi connectivity index (χ1v) is 8.71. The number of nitrogens with one attached hydrogen (secondary N) is 2. The minimum absolute atomic E-state index is 0.138. The maximum absolute atomic E-state index is 12.2. The van der Waals surface area contributed by atoms with Crippen LogP contribution in [0.5, 0.6) is 5.75 Å². The molecule has 2 amide bonds. The van der Waals surface area contributed by atoms with Crippen molar-refractivity contribution in [1.82, 2.24) is 15.6 Å². The molecule has 0 spiro atoms. The number of amides is 2. The van der Waals surface area contributed by atoms with Crippen LogP contribution in [-0.4, -0.2) is 30.5 Å². The summed E-state index contributed by atoms with van der Waals surface area (Å²) in [6.07, 6.45) is 1.53. The van der Waals surface area contributed by atoms with Crippen molar-refractivity contribution >= 4 is 23.2 Å². The van der Waals surface area contributed by atoms with Crippen LogP contribution in [0.2, 0.25) is 0 Å². The van der Waals surface area contributed by atoms with Crippen LogP contribution in [0.25, 0.3) is 10.6 Å². The number of hydrogen-bond acceptors (Lipinski definition) is 6. The molecule has 0 bridgehead atoms. The van der Waals surface area contributed by atoms with Crippen LogP contribution in [0.4, 0.5) is 0 Å². The van der Waals surface area contributed by atoms with Crippen molar-refractivity contribution in [3.8, 4) is 16.3 Å². The molecule has 134 valence electrons. The summed E-state index contributed by atoms with van der Waals surface area (Å²) in [4.78, 5) is 28.3. The first kappa shape index (κ1) is 17.7. The average molecular weight is 371 g/mol. The molecule has 3 rings (SSSR count). The van der Waals surface area contributed by atoms with Gasteiger partial charge >= 0.3 is 0 Å². The van der Waals surface area contributed by atoms with E-state index >= 15 is 0 Å². The summed E-state index contributed by atoms with van der Waals surface area (Å²) in [5.74, 6) is 0.613. The van der Waals surface area contributed by atoms with Crippen molar-refractivity contribution in [2.75, 3.05) is 13.7 Å². The van der Waals surface area contributed by atoms with Gasteiger partial charge in [-0.05, 0) is 24.3 Å². The summed E-state index contributed by atoms with van der Waals surface area (Å²) in [6, 6.07) is 11.0. The van der Waals surface area contributed by atoms with Gasteiger partial charge in [-0.25, -0.2) is 4.98 Å². The number of methoxy groups -OCH3 is 1. The second-order valence-electron chi connectivity index (χ2n) is 5.28. The largest absolute Gasteiger partial charge is 0.496 e. The molecule has 2 aromatic heterocycles. The molecule has 0 unspecified atom stereocenters. The van der Waals surface area contributed by atoms with E-state index in [0.29, 0.717) is 16.5 Å². The average Bonchev–Trinajstić information content (AvgIpc) is 3.36. The van der Waals surface area contributed by atoms with Gasteiger partial charge in [0.15, 0.2) is 0 Å². The van der Waals surface area contributed by atoms with Crippen molar-refractivity contribution in [3.63, 3.8) is 0 Å². The minimum atomic E-state index is -0.407. The first-order chi connectivity index (χ1) is 12.7. The number of carbonyl (C=O) groups is 2. The van der Waals surface area contributed by atoms with Gasteiger partial charge in [0, 0.05) is 5.38 Å². The van der Waals surface area contributed by atoms with E-state index in [0.717, 1.165) is 5.56 Å². The zero-order valence-corrected chi connectivity index (χ0v) is 14.8. The molecule has 0 aliphatic rings. The quantitative estimate of drug-likeness (QED) is 0.665. The Morgan fingerprint density at radius 1 is 1.19 bits per heavy atom. The Kier molecular flexibility index (Phi) is 5.65. The fraction of sp³-hybridized carbons (Fsp3) is 0.167. The first-order valence-electron chi connectivity index (χ1n) is 7.83. The van der Waals surface area contributed by atoms with Gasteiger partial charge in [-0.3, -0.25) is 9.59 Å². The summed E-state index contributed by atoms with van der Waals surface area (Å²) >= 11 is 1.34. The Balaban J connectivity index is 1.55. The molecule has 0 saturated carbocycles. The lowest BCUT2D eigenvalue weighted by molar-refractivity contribution is -0.120. The zero-order chi connectivity index (χ0) is 18.4. The summed E-state index contributed by atoms with van der Waals surface area (Å²) < 4.78 is 10.4. The van der Waals surface area contributed by atoms with Gasteiger partial charge < -0.3 is 19.8 Å². The number of furan rings is 1. The monoisotopic (exact) mass is 371 g/mol. The SMILES string of the molecule is COc1ccccc1-c1nc(C(=O)NCC(=O)NCc2ccco2)cs1. The Morgan fingerprint density at radius 3 is 2.81 bits per heavy atom. The molecule has 2 N–H and O–H groups in total. The number of rotatable bonds is 7. The van der Waals surface area contributed by atoms with Gasteiger partial charge in [0.05, 0.1) is 32.0 Å². The van der Waals surface area contributed by atoms with Crippen molar-refractivity contribution < 1.29 is 18.7 Å². The standard InChI is InChI=1S/C18H17N3O4S/c1-24-15-7-3-2-6-13(15)18-21-14(11-26-18)17(23)20-10-16(22)19-9-12-5-4-8-25-12/h2-8,11H,9-10H2,1H3,(H,19,22)(H,20,23). The van der Waals surface area contributed by atoms with Crippen LogP contribution in [0.3, 0.4) is 0 Å². The van der Waals surface area contributed by atoms with E-state index < -0.39 is 5.91 Å². The lowest BCUT2D eigenvalue weighted by Crippen LogP contribution is -2.36. The van der Waals surface area contributed by atoms with E-state index in [1.165, 1.54) is 17.6 Å². The predicted octanol–water partition coefficient (Wildman–Crippen LogP) is 2.46. The molecule has 0 radical (unpaired) electrons. The highest BCUT2D eigenvalue weighted by Gasteiger charge is 2.15. The number of aromatic nitrogens is 1. The topological polar surface area (TPSA) is 93.5 Å². The number of benzene rings is 1. The number of nitrogens with zero attached hydrogens (tertiary/aromatic N) is 1. The van der Waals surface area contributed by atoms with E-state index in [-0.39, 0.29) is 24.7 Å². The maximum atomic E-state index is 12.2. The number of thiazole rings is 1. The van der Waals surface area contributed by atoms with Crippen molar-refractivity contribution in [2.45, 2.75) is 6.54 Å². The number of carbonyl (C=O) groups excluding carboxylic acids is 2. The lowest BCUT2D eigenvalue weighted by Gasteiger charge is -2.05. The van der Waals surface area contributed by atoms with Crippen LogP contribution < -0.4 is 15.4 Å². The highest BCUT2D eigenvalue weighted by molar-refractivity contribution is 7.13. The molecule has 0 fully saturated rings. The van der Waals surface area contributed by atoms with Gasteiger partial charge in [-0.2, -0.15) is 0 Å². The van der Waals surface area contributed by atoms with Gasteiger partial charge in [-0.15, -0.1) is 11.3 Å². The second kappa shape index (κ2) is 8.30. The molecular weight excluding hydrogens is 354 g/mol. The third-order valence-corrected chi connectivity index (χ3v) is 4.40. The van der Waals surface area contributed by atoms with E-state index in [1.807, 2.05) is 24.3 Å². The summed E-state index contributed by atoms with van der Waals surface area (Å²) in [5.41, 5.74) is 1.07. The Hall–Kier alpha value is -3.13. The lowest BCUT2D eigenvalue weighted by atomic mass is 10.2. The van der Waals surface area contributed by atoms with E-state index in [4.69, 9.17) is 9.15 Å².